The fraction of sp³-hybridized carbons (Fsp3) is 0.857. The first kappa shape index (κ1) is 15.3. The van der Waals surface area contributed by atoms with E-state index in [1.54, 1.807) is 0 Å². The highest BCUT2D eigenvalue weighted by atomic mass is 16.2. The van der Waals surface area contributed by atoms with Gasteiger partial charge in [0.2, 0.25) is 11.8 Å². The molecule has 2 rings (SSSR count). The van der Waals surface area contributed by atoms with Crippen LogP contribution in [0, 0.1) is 5.92 Å². The topological polar surface area (TPSA) is 87.5 Å². The number of nitrogens with two attached hydrogens (primary N) is 1. The number of primary amides is 1. The molecule has 0 bridgehead atoms. The van der Waals surface area contributed by atoms with E-state index in [2.05, 4.69) is 15.5 Å². The number of piperidine rings is 2. The van der Waals surface area contributed by atoms with Crippen LogP contribution in [0.5, 0.6) is 0 Å². The van der Waals surface area contributed by atoms with E-state index >= 15 is 0 Å². The third-order valence-corrected chi connectivity index (χ3v) is 4.26. The Balaban J connectivity index is 1.64. The van der Waals surface area contributed by atoms with Crippen LogP contribution in [0.3, 0.4) is 0 Å². The summed E-state index contributed by atoms with van der Waals surface area (Å²) in [5.41, 5.74) is 5.19. The molecular weight excluding hydrogens is 256 g/mol. The summed E-state index contributed by atoms with van der Waals surface area (Å²) in [4.78, 5) is 24.9. The lowest BCUT2D eigenvalue weighted by molar-refractivity contribution is -0.124. The molecule has 114 valence electrons. The van der Waals surface area contributed by atoms with Crippen LogP contribution in [0.15, 0.2) is 0 Å². The Morgan fingerprint density at radius 3 is 2.40 bits per heavy atom. The van der Waals surface area contributed by atoms with Gasteiger partial charge in [-0.1, -0.05) is 0 Å². The molecule has 2 aliphatic rings. The molecule has 0 atom stereocenters. The summed E-state index contributed by atoms with van der Waals surface area (Å²) in [5, 5.41) is 6.45. The Kier molecular flexibility index (Phi) is 5.79. The maximum atomic E-state index is 12.0. The number of likely N-dealkylation sites (tertiary alicyclic amines) is 1. The minimum atomic E-state index is -0.279. The molecule has 6 heteroatoms. The van der Waals surface area contributed by atoms with Gasteiger partial charge in [-0.05, 0) is 44.7 Å². The predicted molar refractivity (Wildman–Crippen MR) is 77.0 cm³/mol. The van der Waals surface area contributed by atoms with Crippen molar-refractivity contribution in [1.29, 1.82) is 0 Å². The molecule has 0 radical (unpaired) electrons. The summed E-state index contributed by atoms with van der Waals surface area (Å²) in [7, 11) is 0. The number of carbonyl (C=O) groups excluding carboxylic acids is 2. The van der Waals surface area contributed by atoms with Crippen molar-refractivity contribution in [2.75, 3.05) is 32.7 Å². The first-order chi connectivity index (χ1) is 9.63. The van der Waals surface area contributed by atoms with Gasteiger partial charge in [0.05, 0.1) is 6.54 Å². The molecule has 0 aliphatic carbocycles. The molecule has 2 aliphatic heterocycles. The van der Waals surface area contributed by atoms with Gasteiger partial charge in [0, 0.05) is 25.6 Å². The molecule has 2 heterocycles. The van der Waals surface area contributed by atoms with Crippen LogP contribution < -0.4 is 16.4 Å². The second-order valence-corrected chi connectivity index (χ2v) is 5.98. The number of hydrogen-bond donors (Lipinski definition) is 3. The smallest absolute Gasteiger partial charge is 0.231 e. The highest BCUT2D eigenvalue weighted by Crippen LogP contribution is 2.16. The van der Waals surface area contributed by atoms with E-state index < -0.39 is 0 Å². The van der Waals surface area contributed by atoms with Crippen LogP contribution >= 0.6 is 0 Å². The second-order valence-electron chi connectivity index (χ2n) is 5.98. The molecule has 2 saturated heterocycles. The van der Waals surface area contributed by atoms with Gasteiger partial charge in [-0.3, -0.25) is 14.5 Å². The van der Waals surface area contributed by atoms with Gasteiger partial charge in [0.15, 0.2) is 0 Å². The van der Waals surface area contributed by atoms with Gasteiger partial charge < -0.3 is 16.4 Å². The molecule has 6 nitrogen and oxygen atoms in total. The van der Waals surface area contributed by atoms with E-state index in [-0.39, 0.29) is 17.9 Å². The summed E-state index contributed by atoms with van der Waals surface area (Å²) in [6.07, 6.45) is 4.68. The Hall–Kier alpha value is -1.14. The molecule has 0 aromatic rings. The van der Waals surface area contributed by atoms with Gasteiger partial charge in [0.1, 0.15) is 0 Å². The molecule has 2 fully saturated rings. The number of rotatable bonds is 5. The van der Waals surface area contributed by atoms with Crippen molar-refractivity contribution in [1.82, 2.24) is 15.5 Å². The average molecular weight is 282 g/mol. The quantitative estimate of drug-likeness (QED) is 0.631. The third-order valence-electron chi connectivity index (χ3n) is 4.26. The normalized spacial score (nSPS) is 22.6. The molecular formula is C14H26N4O2. The lowest BCUT2D eigenvalue weighted by atomic mass is 9.94. The van der Waals surface area contributed by atoms with E-state index in [1.807, 2.05) is 0 Å². The van der Waals surface area contributed by atoms with Crippen molar-refractivity contribution in [3.8, 4) is 0 Å². The maximum Gasteiger partial charge on any atom is 0.231 e. The third kappa shape index (κ3) is 5.09. The van der Waals surface area contributed by atoms with E-state index in [0.717, 1.165) is 51.9 Å². The van der Waals surface area contributed by atoms with E-state index in [1.165, 1.54) is 0 Å². The van der Waals surface area contributed by atoms with Crippen LogP contribution in [0.4, 0.5) is 0 Å². The molecule has 0 saturated carbocycles. The summed E-state index contributed by atoms with van der Waals surface area (Å²) in [6, 6.07) is 0.258. The minimum absolute atomic E-state index is 0.185. The van der Waals surface area contributed by atoms with Crippen molar-refractivity contribution < 1.29 is 9.59 Å². The highest BCUT2D eigenvalue weighted by Gasteiger charge is 2.23. The number of nitrogens with one attached hydrogen (secondary N) is 2. The van der Waals surface area contributed by atoms with Gasteiger partial charge in [-0.2, -0.15) is 0 Å². The van der Waals surface area contributed by atoms with Gasteiger partial charge >= 0.3 is 0 Å². The number of carbonyl (C=O) groups is 2. The fourth-order valence-corrected chi connectivity index (χ4v) is 3.09. The zero-order valence-corrected chi connectivity index (χ0v) is 12.1. The fourth-order valence-electron chi connectivity index (χ4n) is 3.09. The van der Waals surface area contributed by atoms with Gasteiger partial charge in [-0.15, -0.1) is 0 Å². The van der Waals surface area contributed by atoms with Gasteiger partial charge in [0.25, 0.3) is 0 Å². The summed E-state index contributed by atoms with van der Waals surface area (Å²) >= 11 is 0. The Labute approximate surface area is 120 Å². The lowest BCUT2D eigenvalue weighted by Gasteiger charge is -2.32. The van der Waals surface area contributed by atoms with Crippen LogP contribution in [-0.4, -0.2) is 55.5 Å². The second kappa shape index (κ2) is 7.59. The Morgan fingerprint density at radius 2 is 1.80 bits per heavy atom. The van der Waals surface area contributed by atoms with Crippen molar-refractivity contribution in [3.63, 3.8) is 0 Å². The van der Waals surface area contributed by atoms with E-state index in [9.17, 15) is 9.59 Å². The van der Waals surface area contributed by atoms with E-state index in [4.69, 9.17) is 5.73 Å². The molecule has 4 N–H and O–H groups in total. The van der Waals surface area contributed by atoms with Crippen molar-refractivity contribution in [2.45, 2.75) is 38.1 Å². The number of nitrogens with zero attached hydrogens (tertiary/aromatic N) is 1. The first-order valence-corrected chi connectivity index (χ1v) is 7.64. The average Bonchev–Trinajstić information content (AvgIpc) is 2.41. The van der Waals surface area contributed by atoms with Crippen LogP contribution in [0.2, 0.25) is 0 Å². The zero-order chi connectivity index (χ0) is 14.4. The molecule has 20 heavy (non-hydrogen) atoms. The lowest BCUT2D eigenvalue weighted by Crippen LogP contribution is -2.47. The zero-order valence-electron chi connectivity index (χ0n) is 12.1. The monoisotopic (exact) mass is 282 g/mol. The number of amides is 2. The molecule has 0 aromatic carbocycles. The van der Waals surface area contributed by atoms with Crippen molar-refractivity contribution >= 4 is 11.8 Å². The molecule has 0 aromatic heterocycles. The van der Waals surface area contributed by atoms with E-state index in [0.29, 0.717) is 18.9 Å². The Morgan fingerprint density at radius 1 is 1.15 bits per heavy atom. The molecule has 0 spiro atoms. The summed E-state index contributed by atoms with van der Waals surface area (Å²) in [5.74, 6) is 0.440. The molecule has 0 unspecified atom stereocenters. The maximum absolute atomic E-state index is 12.0. The standard InChI is InChI=1S/C14H26N4O2/c15-13(19)10-18-7-3-12(4-8-18)17-14(20)9-11-1-5-16-6-2-11/h11-12,16H,1-10H2,(H2,15,19)(H,17,20). The van der Waals surface area contributed by atoms with Crippen LogP contribution in [0.25, 0.3) is 0 Å². The Bertz CT molecular complexity index is 334. The summed E-state index contributed by atoms with van der Waals surface area (Å²) in [6.45, 7) is 4.06. The first-order valence-electron chi connectivity index (χ1n) is 7.64. The predicted octanol–water partition coefficient (Wildman–Crippen LogP) is -0.558. The number of hydrogen-bond acceptors (Lipinski definition) is 4. The summed E-state index contributed by atoms with van der Waals surface area (Å²) < 4.78 is 0. The van der Waals surface area contributed by atoms with Gasteiger partial charge in [-0.25, -0.2) is 0 Å². The van der Waals surface area contributed by atoms with Crippen LogP contribution in [0.1, 0.15) is 32.1 Å². The van der Waals surface area contributed by atoms with Crippen molar-refractivity contribution in [2.24, 2.45) is 11.7 Å². The van der Waals surface area contributed by atoms with Crippen LogP contribution in [-0.2, 0) is 9.59 Å². The highest BCUT2D eigenvalue weighted by molar-refractivity contribution is 5.76. The SMILES string of the molecule is NC(=O)CN1CCC(NC(=O)CC2CCNCC2)CC1. The molecule has 2 amide bonds. The van der Waals surface area contributed by atoms with Crippen molar-refractivity contribution in [3.05, 3.63) is 0 Å². The largest absolute Gasteiger partial charge is 0.369 e. The minimum Gasteiger partial charge on any atom is -0.369 e.